The molecule has 1 saturated heterocycles. The fraction of sp³-hybridized carbons (Fsp3) is 0.318. The van der Waals surface area contributed by atoms with Crippen LogP contribution in [0.2, 0.25) is 5.02 Å². The van der Waals surface area contributed by atoms with Crippen LogP contribution >= 0.6 is 11.6 Å². The zero-order valence-corrected chi connectivity index (χ0v) is 17.6. The van der Waals surface area contributed by atoms with Crippen molar-refractivity contribution in [1.29, 1.82) is 0 Å². The maximum Gasteiger partial charge on any atom is 0.338 e. The Kier molecular flexibility index (Phi) is 6.95. The van der Waals surface area contributed by atoms with Crippen LogP contribution in [-0.2, 0) is 20.9 Å². The number of nitrogens with one attached hydrogen (secondary N) is 1. The molecule has 1 aliphatic heterocycles. The summed E-state index contributed by atoms with van der Waals surface area (Å²) in [7, 11) is 1.47. The topological polar surface area (TPSA) is 84.9 Å². The highest BCUT2D eigenvalue weighted by atomic mass is 35.5. The lowest BCUT2D eigenvalue weighted by molar-refractivity contribution is -0.128. The number of halogens is 1. The molecule has 8 heteroatoms. The molecule has 0 spiro atoms. The van der Waals surface area contributed by atoms with E-state index in [2.05, 4.69) is 5.32 Å². The van der Waals surface area contributed by atoms with Crippen molar-refractivity contribution in [3.05, 3.63) is 58.1 Å². The molecule has 0 bridgehead atoms. The Hall–Kier alpha value is -3.06. The molecular formula is C22H23ClN2O5. The third kappa shape index (κ3) is 5.30. The molecule has 2 aromatic carbocycles. The monoisotopic (exact) mass is 430 g/mol. The SMILES string of the molecule is COc1cc(Cl)c(C)cc1NC(=O)COC(=O)c1cccc(CN2CCCC2=O)c1. The van der Waals surface area contributed by atoms with Crippen LogP contribution in [0.15, 0.2) is 36.4 Å². The van der Waals surface area contributed by atoms with E-state index in [1.807, 2.05) is 6.07 Å². The number of benzene rings is 2. The van der Waals surface area contributed by atoms with Crippen LogP contribution in [0.4, 0.5) is 5.69 Å². The quantitative estimate of drug-likeness (QED) is 0.679. The fourth-order valence-corrected chi connectivity index (χ4v) is 3.37. The summed E-state index contributed by atoms with van der Waals surface area (Å²) >= 11 is 6.06. The second-order valence-electron chi connectivity index (χ2n) is 7.05. The van der Waals surface area contributed by atoms with Crippen LogP contribution in [0.5, 0.6) is 5.75 Å². The Bertz CT molecular complexity index is 976. The number of rotatable bonds is 7. The van der Waals surface area contributed by atoms with Crippen molar-refractivity contribution in [2.75, 3.05) is 25.6 Å². The predicted octanol–water partition coefficient (Wildman–Crippen LogP) is 3.57. The highest BCUT2D eigenvalue weighted by Crippen LogP contribution is 2.30. The first-order valence-corrected chi connectivity index (χ1v) is 9.93. The zero-order valence-electron chi connectivity index (χ0n) is 16.9. The lowest BCUT2D eigenvalue weighted by Crippen LogP contribution is -2.24. The number of methoxy groups -OCH3 is 1. The van der Waals surface area contributed by atoms with Crippen molar-refractivity contribution in [1.82, 2.24) is 4.90 Å². The normalized spacial score (nSPS) is 13.3. The second-order valence-corrected chi connectivity index (χ2v) is 7.45. The molecule has 158 valence electrons. The maximum absolute atomic E-state index is 12.4. The minimum atomic E-state index is -0.612. The molecule has 0 radical (unpaired) electrons. The first-order chi connectivity index (χ1) is 14.4. The second kappa shape index (κ2) is 9.63. The number of esters is 1. The van der Waals surface area contributed by atoms with Gasteiger partial charge in [0.15, 0.2) is 6.61 Å². The van der Waals surface area contributed by atoms with Crippen molar-refractivity contribution in [3.8, 4) is 5.75 Å². The van der Waals surface area contributed by atoms with Gasteiger partial charge in [0, 0.05) is 30.6 Å². The lowest BCUT2D eigenvalue weighted by Gasteiger charge is -2.16. The Labute approximate surface area is 179 Å². The standard InChI is InChI=1S/C22H23ClN2O5/c1-14-9-18(19(29-2)11-17(14)23)24-20(26)13-30-22(28)16-6-3-5-15(10-16)12-25-8-4-7-21(25)27/h3,5-6,9-11H,4,7-8,12-13H2,1-2H3,(H,24,26). The number of likely N-dealkylation sites (tertiary alicyclic amines) is 1. The van der Waals surface area contributed by atoms with E-state index < -0.39 is 18.5 Å². The van der Waals surface area contributed by atoms with Gasteiger partial charge in [-0.3, -0.25) is 9.59 Å². The van der Waals surface area contributed by atoms with Gasteiger partial charge < -0.3 is 19.7 Å². The number of anilines is 1. The minimum Gasteiger partial charge on any atom is -0.495 e. The molecule has 30 heavy (non-hydrogen) atoms. The lowest BCUT2D eigenvalue weighted by atomic mass is 10.1. The largest absolute Gasteiger partial charge is 0.495 e. The number of hydrogen-bond donors (Lipinski definition) is 1. The van der Waals surface area contributed by atoms with Crippen molar-refractivity contribution >= 4 is 35.1 Å². The molecule has 1 heterocycles. The first kappa shape index (κ1) is 21.6. The Morgan fingerprint density at radius 2 is 2.03 bits per heavy atom. The summed E-state index contributed by atoms with van der Waals surface area (Å²) in [5.41, 5.74) is 2.38. The van der Waals surface area contributed by atoms with Gasteiger partial charge in [0.2, 0.25) is 5.91 Å². The number of aryl methyl sites for hydroxylation is 1. The summed E-state index contributed by atoms with van der Waals surface area (Å²) < 4.78 is 10.4. The van der Waals surface area contributed by atoms with Crippen molar-refractivity contribution in [3.63, 3.8) is 0 Å². The number of hydrogen-bond acceptors (Lipinski definition) is 5. The number of carbonyl (C=O) groups is 3. The highest BCUT2D eigenvalue weighted by molar-refractivity contribution is 6.31. The summed E-state index contributed by atoms with van der Waals surface area (Å²) in [4.78, 5) is 38.1. The summed E-state index contributed by atoms with van der Waals surface area (Å²) in [6, 6.07) is 10.2. The first-order valence-electron chi connectivity index (χ1n) is 9.55. The molecule has 0 atom stereocenters. The number of amides is 2. The maximum atomic E-state index is 12.4. The zero-order chi connectivity index (χ0) is 21.7. The van der Waals surface area contributed by atoms with E-state index in [1.165, 1.54) is 7.11 Å². The third-order valence-corrected chi connectivity index (χ3v) is 5.20. The van der Waals surface area contributed by atoms with Crippen molar-refractivity contribution in [2.45, 2.75) is 26.3 Å². The number of ether oxygens (including phenoxy) is 2. The van der Waals surface area contributed by atoms with Crippen LogP contribution in [0.25, 0.3) is 0 Å². The van der Waals surface area contributed by atoms with Gasteiger partial charge >= 0.3 is 5.97 Å². The molecule has 3 rings (SSSR count). The van der Waals surface area contributed by atoms with E-state index in [4.69, 9.17) is 21.1 Å². The number of carbonyl (C=O) groups excluding carboxylic acids is 3. The van der Waals surface area contributed by atoms with E-state index in [9.17, 15) is 14.4 Å². The fourth-order valence-electron chi connectivity index (χ4n) is 3.22. The highest BCUT2D eigenvalue weighted by Gasteiger charge is 2.20. The molecule has 1 N–H and O–H groups in total. The molecule has 2 aromatic rings. The van der Waals surface area contributed by atoms with Gasteiger partial charge in [-0.25, -0.2) is 4.79 Å². The van der Waals surface area contributed by atoms with Crippen LogP contribution < -0.4 is 10.1 Å². The van der Waals surface area contributed by atoms with E-state index in [0.717, 1.165) is 24.1 Å². The van der Waals surface area contributed by atoms with Crippen molar-refractivity contribution in [2.24, 2.45) is 0 Å². The van der Waals surface area contributed by atoms with Crippen LogP contribution in [0.3, 0.4) is 0 Å². The van der Waals surface area contributed by atoms with Crippen molar-refractivity contribution < 1.29 is 23.9 Å². The van der Waals surface area contributed by atoms with E-state index in [0.29, 0.717) is 35.0 Å². The molecule has 0 saturated carbocycles. The Morgan fingerprint density at radius 1 is 1.23 bits per heavy atom. The van der Waals surface area contributed by atoms with Gasteiger partial charge in [-0.2, -0.15) is 0 Å². The average Bonchev–Trinajstić information content (AvgIpc) is 3.13. The number of nitrogens with zero attached hydrogens (tertiary/aromatic N) is 1. The summed E-state index contributed by atoms with van der Waals surface area (Å²) in [5, 5.41) is 3.18. The van der Waals surface area contributed by atoms with Gasteiger partial charge in [-0.1, -0.05) is 23.7 Å². The predicted molar refractivity (Wildman–Crippen MR) is 113 cm³/mol. The smallest absolute Gasteiger partial charge is 0.338 e. The van der Waals surface area contributed by atoms with E-state index >= 15 is 0 Å². The van der Waals surface area contributed by atoms with E-state index in [-0.39, 0.29) is 5.91 Å². The molecule has 0 aliphatic carbocycles. The Balaban J connectivity index is 1.58. The molecule has 1 fully saturated rings. The molecular weight excluding hydrogens is 408 g/mol. The van der Waals surface area contributed by atoms with Gasteiger partial charge in [-0.05, 0) is 42.7 Å². The molecule has 7 nitrogen and oxygen atoms in total. The summed E-state index contributed by atoms with van der Waals surface area (Å²) in [6.07, 6.45) is 1.42. The van der Waals surface area contributed by atoms with E-state index in [1.54, 1.807) is 42.2 Å². The van der Waals surface area contributed by atoms with Gasteiger partial charge in [0.25, 0.3) is 5.91 Å². The molecule has 0 unspecified atom stereocenters. The summed E-state index contributed by atoms with van der Waals surface area (Å²) in [6.45, 7) is 2.54. The average molecular weight is 431 g/mol. The third-order valence-electron chi connectivity index (χ3n) is 4.80. The molecule has 1 aliphatic rings. The van der Waals surface area contributed by atoms with Crippen LogP contribution in [-0.4, -0.2) is 42.9 Å². The minimum absolute atomic E-state index is 0.118. The van der Waals surface area contributed by atoms with Gasteiger partial charge in [0.1, 0.15) is 5.75 Å². The molecule has 2 amide bonds. The molecule has 0 aromatic heterocycles. The summed E-state index contributed by atoms with van der Waals surface area (Å²) in [5.74, 6) is -0.580. The van der Waals surface area contributed by atoms with Crippen LogP contribution in [0, 0.1) is 6.92 Å². The van der Waals surface area contributed by atoms with Gasteiger partial charge in [0.05, 0.1) is 18.4 Å². The van der Waals surface area contributed by atoms with Crippen LogP contribution in [0.1, 0.15) is 34.3 Å². The van der Waals surface area contributed by atoms with Gasteiger partial charge in [-0.15, -0.1) is 0 Å². The Morgan fingerprint density at radius 3 is 2.73 bits per heavy atom.